The van der Waals surface area contributed by atoms with Crippen molar-refractivity contribution in [2.45, 2.75) is 19.4 Å². The summed E-state index contributed by atoms with van der Waals surface area (Å²) in [6.45, 7) is 3.40. The number of hydrogen-bond donors (Lipinski definition) is 2. The molecule has 1 heterocycles. The number of halogens is 1. The van der Waals surface area contributed by atoms with Crippen LogP contribution in [0.1, 0.15) is 28.4 Å². The lowest BCUT2D eigenvalue weighted by Gasteiger charge is -2.20. The van der Waals surface area contributed by atoms with E-state index < -0.39 is 0 Å². The summed E-state index contributed by atoms with van der Waals surface area (Å²) in [6, 6.07) is 27.2. The van der Waals surface area contributed by atoms with Gasteiger partial charge in [-0.25, -0.2) is 0 Å². The van der Waals surface area contributed by atoms with Crippen LogP contribution in [0.3, 0.4) is 0 Å². The second-order valence-corrected chi connectivity index (χ2v) is 6.45. The molecule has 0 aliphatic carbocycles. The van der Waals surface area contributed by atoms with Crippen LogP contribution in [-0.4, -0.2) is 24.5 Å². The summed E-state index contributed by atoms with van der Waals surface area (Å²) in [4.78, 5) is 8.88. The molecule has 0 bridgehead atoms. The zero-order chi connectivity index (χ0) is 18.9. The van der Waals surface area contributed by atoms with E-state index in [1.54, 1.807) is 7.05 Å². The Bertz CT molecular complexity index is 827. The average Bonchev–Trinajstić information content (AvgIpc) is 2.72. The van der Waals surface area contributed by atoms with Crippen LogP contribution >= 0.6 is 24.0 Å². The zero-order valence-electron chi connectivity index (χ0n) is 16.3. The number of aromatic nitrogens is 1. The minimum Gasteiger partial charge on any atom is -0.355 e. The number of aliphatic imine (C=N–C) groups is 1. The third kappa shape index (κ3) is 6.34. The molecular formula is C23H27IN4. The van der Waals surface area contributed by atoms with Crippen molar-refractivity contribution in [1.29, 1.82) is 0 Å². The van der Waals surface area contributed by atoms with Crippen molar-refractivity contribution in [2.24, 2.45) is 4.99 Å². The average molecular weight is 486 g/mol. The number of nitrogens with one attached hydrogen (secondary N) is 2. The lowest BCUT2D eigenvalue weighted by molar-refractivity contribution is 0.724. The fourth-order valence-electron chi connectivity index (χ4n) is 3.09. The molecule has 0 aliphatic heterocycles. The Kier molecular flexibility index (Phi) is 8.94. The van der Waals surface area contributed by atoms with Gasteiger partial charge in [0.05, 0.1) is 12.2 Å². The minimum atomic E-state index is 0. The molecule has 146 valence electrons. The maximum atomic E-state index is 4.52. The van der Waals surface area contributed by atoms with Crippen LogP contribution in [0, 0.1) is 6.92 Å². The van der Waals surface area contributed by atoms with Gasteiger partial charge in [0, 0.05) is 25.2 Å². The summed E-state index contributed by atoms with van der Waals surface area (Å²) in [5, 5.41) is 6.81. The fraction of sp³-hybridized carbons (Fsp3) is 0.217. The van der Waals surface area contributed by atoms with Gasteiger partial charge in [0.15, 0.2) is 5.96 Å². The Morgan fingerprint density at radius 1 is 0.857 bits per heavy atom. The van der Waals surface area contributed by atoms with Gasteiger partial charge in [-0.15, -0.1) is 24.0 Å². The van der Waals surface area contributed by atoms with E-state index in [-0.39, 0.29) is 29.9 Å². The summed E-state index contributed by atoms with van der Waals surface area (Å²) < 4.78 is 0. The third-order valence-corrected chi connectivity index (χ3v) is 4.48. The summed E-state index contributed by atoms with van der Waals surface area (Å²) >= 11 is 0. The van der Waals surface area contributed by atoms with Crippen LogP contribution < -0.4 is 10.6 Å². The van der Waals surface area contributed by atoms with E-state index in [0.717, 1.165) is 23.9 Å². The first-order valence-electron chi connectivity index (χ1n) is 9.23. The standard InChI is InChI=1S/C23H26N4.HI/c1-18-10-9-15-21(27-18)16-25-23(24-2)26-17-22(19-11-5-3-6-12-19)20-13-7-4-8-14-20;/h3-15,22H,16-17H2,1-2H3,(H2,24,25,26);1H. The smallest absolute Gasteiger partial charge is 0.191 e. The monoisotopic (exact) mass is 486 g/mol. The summed E-state index contributed by atoms with van der Waals surface area (Å²) in [5.74, 6) is 1.03. The van der Waals surface area contributed by atoms with E-state index in [0.29, 0.717) is 6.54 Å². The van der Waals surface area contributed by atoms with Crippen LogP contribution in [0.15, 0.2) is 83.9 Å². The predicted octanol–water partition coefficient (Wildman–Crippen LogP) is 4.51. The Balaban J connectivity index is 0.00000280. The molecule has 4 nitrogen and oxygen atoms in total. The molecule has 0 atom stereocenters. The zero-order valence-corrected chi connectivity index (χ0v) is 18.6. The summed E-state index contributed by atoms with van der Waals surface area (Å²) in [6.07, 6.45) is 0. The van der Waals surface area contributed by atoms with Gasteiger partial charge in [0.25, 0.3) is 0 Å². The van der Waals surface area contributed by atoms with Crippen LogP contribution in [0.25, 0.3) is 0 Å². The van der Waals surface area contributed by atoms with Gasteiger partial charge >= 0.3 is 0 Å². The van der Waals surface area contributed by atoms with Gasteiger partial charge in [0.1, 0.15) is 0 Å². The van der Waals surface area contributed by atoms with E-state index >= 15 is 0 Å². The normalized spacial score (nSPS) is 11.0. The Labute approximate surface area is 184 Å². The molecule has 0 fully saturated rings. The molecule has 2 aromatic carbocycles. The first-order valence-corrected chi connectivity index (χ1v) is 9.23. The van der Waals surface area contributed by atoms with Crippen LogP contribution in [0.2, 0.25) is 0 Å². The maximum absolute atomic E-state index is 4.52. The van der Waals surface area contributed by atoms with Crippen molar-refractivity contribution < 1.29 is 0 Å². The SMILES string of the molecule is CN=C(NCc1cccc(C)n1)NCC(c1ccccc1)c1ccccc1.I. The van der Waals surface area contributed by atoms with E-state index in [2.05, 4.69) is 69.1 Å². The quantitative estimate of drug-likeness (QED) is 0.307. The predicted molar refractivity (Wildman–Crippen MR) is 127 cm³/mol. The van der Waals surface area contributed by atoms with Crippen molar-refractivity contribution >= 4 is 29.9 Å². The largest absolute Gasteiger partial charge is 0.355 e. The van der Waals surface area contributed by atoms with Gasteiger partial charge in [-0.2, -0.15) is 0 Å². The highest BCUT2D eigenvalue weighted by Gasteiger charge is 2.14. The molecule has 0 unspecified atom stereocenters. The van der Waals surface area contributed by atoms with E-state index in [1.807, 2.05) is 37.3 Å². The molecule has 3 aromatic rings. The van der Waals surface area contributed by atoms with E-state index in [4.69, 9.17) is 0 Å². The van der Waals surface area contributed by atoms with Crippen molar-refractivity contribution in [2.75, 3.05) is 13.6 Å². The first-order chi connectivity index (χ1) is 13.3. The number of benzene rings is 2. The lowest BCUT2D eigenvalue weighted by Crippen LogP contribution is -2.39. The number of nitrogens with zero attached hydrogens (tertiary/aromatic N) is 2. The number of guanidine groups is 1. The van der Waals surface area contributed by atoms with E-state index in [9.17, 15) is 0 Å². The first kappa shape index (κ1) is 21.9. The number of hydrogen-bond acceptors (Lipinski definition) is 2. The fourth-order valence-corrected chi connectivity index (χ4v) is 3.09. The molecule has 2 N–H and O–H groups in total. The van der Waals surface area contributed by atoms with Gasteiger partial charge in [-0.3, -0.25) is 9.98 Å². The van der Waals surface area contributed by atoms with E-state index in [1.165, 1.54) is 11.1 Å². The van der Waals surface area contributed by atoms with Crippen molar-refractivity contribution in [1.82, 2.24) is 15.6 Å². The van der Waals surface area contributed by atoms with Crippen molar-refractivity contribution in [3.63, 3.8) is 0 Å². The van der Waals surface area contributed by atoms with Crippen LogP contribution in [0.5, 0.6) is 0 Å². The third-order valence-electron chi connectivity index (χ3n) is 4.48. The molecule has 0 aliphatic rings. The van der Waals surface area contributed by atoms with Crippen LogP contribution in [-0.2, 0) is 6.54 Å². The van der Waals surface area contributed by atoms with Crippen LogP contribution in [0.4, 0.5) is 0 Å². The number of aryl methyl sites for hydroxylation is 1. The second kappa shape index (κ2) is 11.4. The number of rotatable bonds is 6. The molecule has 3 rings (SSSR count). The lowest BCUT2D eigenvalue weighted by atomic mass is 9.91. The maximum Gasteiger partial charge on any atom is 0.191 e. The Morgan fingerprint density at radius 3 is 2.00 bits per heavy atom. The van der Waals surface area contributed by atoms with Gasteiger partial charge in [0.2, 0.25) is 0 Å². The molecule has 1 aromatic heterocycles. The topological polar surface area (TPSA) is 49.3 Å². The molecule has 0 radical (unpaired) electrons. The second-order valence-electron chi connectivity index (χ2n) is 6.45. The highest BCUT2D eigenvalue weighted by atomic mass is 127. The Morgan fingerprint density at radius 2 is 1.46 bits per heavy atom. The molecule has 0 spiro atoms. The molecule has 0 saturated carbocycles. The number of pyridine rings is 1. The van der Waals surface area contributed by atoms with Crippen molar-refractivity contribution in [3.05, 3.63) is 101 Å². The summed E-state index contributed by atoms with van der Waals surface area (Å²) in [5.41, 5.74) is 4.59. The van der Waals surface area contributed by atoms with Gasteiger partial charge < -0.3 is 10.6 Å². The highest BCUT2D eigenvalue weighted by Crippen LogP contribution is 2.23. The molecule has 0 amide bonds. The molecule has 5 heteroatoms. The Hall–Kier alpha value is -2.41. The summed E-state index contributed by atoms with van der Waals surface area (Å²) in [7, 11) is 1.79. The molecule has 28 heavy (non-hydrogen) atoms. The highest BCUT2D eigenvalue weighted by molar-refractivity contribution is 14.0. The van der Waals surface area contributed by atoms with Crippen molar-refractivity contribution in [3.8, 4) is 0 Å². The molecular weight excluding hydrogens is 459 g/mol. The minimum absolute atomic E-state index is 0. The van der Waals surface area contributed by atoms with Gasteiger partial charge in [-0.05, 0) is 30.2 Å². The van der Waals surface area contributed by atoms with Gasteiger partial charge in [-0.1, -0.05) is 66.7 Å². The molecule has 0 saturated heterocycles.